The van der Waals surface area contributed by atoms with E-state index in [1.165, 1.54) is 49.7 Å². The molecule has 0 radical (unpaired) electrons. The summed E-state index contributed by atoms with van der Waals surface area (Å²) in [7, 11) is -3.72. The van der Waals surface area contributed by atoms with Crippen LogP contribution in [0.2, 0.25) is 0 Å². The molecule has 0 spiro atoms. The van der Waals surface area contributed by atoms with Crippen molar-refractivity contribution in [3.05, 3.63) is 65.3 Å². The number of fused-ring (bicyclic) bond motifs is 1. The summed E-state index contributed by atoms with van der Waals surface area (Å²) in [5.41, 5.74) is 5.60. The molecule has 0 heterocycles. The van der Waals surface area contributed by atoms with Gasteiger partial charge in [-0.2, -0.15) is 8.42 Å². The number of allylic oxidation sites excluding steroid dienone is 5. The van der Waals surface area contributed by atoms with Gasteiger partial charge in [-0.25, -0.2) is 0 Å². The van der Waals surface area contributed by atoms with Gasteiger partial charge in [-0.1, -0.05) is 67.8 Å². The Morgan fingerprint density at radius 3 is 2.61 bits per heavy atom. The molecule has 3 saturated carbocycles. The third-order valence-corrected chi connectivity index (χ3v) is 10.0. The van der Waals surface area contributed by atoms with E-state index in [4.69, 9.17) is 4.18 Å². The van der Waals surface area contributed by atoms with Crippen molar-refractivity contribution in [2.75, 3.05) is 6.61 Å². The highest BCUT2D eigenvalue weighted by Gasteiger charge is 2.48. The van der Waals surface area contributed by atoms with E-state index in [1.54, 1.807) is 29.8 Å². The third-order valence-electron chi connectivity index (χ3n) is 8.74. The summed E-state index contributed by atoms with van der Waals surface area (Å²) in [5.74, 6) is 1.79. The van der Waals surface area contributed by atoms with E-state index >= 15 is 0 Å². The van der Waals surface area contributed by atoms with Gasteiger partial charge in [0.25, 0.3) is 10.1 Å². The summed E-state index contributed by atoms with van der Waals surface area (Å²) in [5, 5.41) is 0. The summed E-state index contributed by atoms with van der Waals surface area (Å²) < 4.78 is 30.6. The van der Waals surface area contributed by atoms with E-state index in [2.05, 4.69) is 32.6 Å². The molecule has 4 rings (SSSR count). The molecule has 3 aliphatic rings. The van der Waals surface area contributed by atoms with Crippen molar-refractivity contribution in [1.82, 2.24) is 0 Å². The molecule has 0 N–H and O–H groups in total. The molecule has 0 aliphatic heterocycles. The van der Waals surface area contributed by atoms with E-state index in [9.17, 15) is 8.42 Å². The van der Waals surface area contributed by atoms with Crippen molar-refractivity contribution in [2.45, 2.75) is 83.5 Å². The zero-order chi connectivity index (χ0) is 23.6. The van der Waals surface area contributed by atoms with E-state index < -0.39 is 10.1 Å². The molecule has 1 unspecified atom stereocenters. The zero-order valence-electron chi connectivity index (χ0n) is 20.6. The van der Waals surface area contributed by atoms with Crippen molar-refractivity contribution in [1.29, 1.82) is 0 Å². The molecule has 3 aliphatic carbocycles. The largest absolute Gasteiger partial charge is 0.296 e. The van der Waals surface area contributed by atoms with Crippen LogP contribution in [0.3, 0.4) is 0 Å². The third kappa shape index (κ3) is 5.22. The van der Waals surface area contributed by atoms with E-state index in [0.717, 1.165) is 36.7 Å². The fraction of sp³-hybridized carbons (Fsp3) is 0.586. The first-order chi connectivity index (χ1) is 15.7. The minimum Gasteiger partial charge on any atom is -0.266 e. The van der Waals surface area contributed by atoms with Gasteiger partial charge in [0.1, 0.15) is 0 Å². The summed E-state index contributed by atoms with van der Waals surface area (Å²) in [6.45, 7) is 11.4. The number of rotatable bonds is 6. The number of aryl methyl sites for hydroxylation is 1. The molecule has 4 atom stereocenters. The van der Waals surface area contributed by atoms with Crippen LogP contribution in [0.4, 0.5) is 0 Å². The molecule has 3 fully saturated rings. The highest BCUT2D eigenvalue weighted by Crippen LogP contribution is 2.58. The highest BCUT2D eigenvalue weighted by atomic mass is 32.2. The molecule has 180 valence electrons. The molecule has 4 heteroatoms. The van der Waals surface area contributed by atoms with Crippen LogP contribution in [0, 0.1) is 30.1 Å². The molecule has 1 aromatic carbocycles. The van der Waals surface area contributed by atoms with Gasteiger partial charge in [0.2, 0.25) is 0 Å². The normalized spacial score (nSPS) is 32.9. The lowest BCUT2D eigenvalue weighted by Gasteiger charge is -2.42. The zero-order valence-corrected chi connectivity index (χ0v) is 21.4. The molecule has 1 aromatic rings. The quantitative estimate of drug-likeness (QED) is 0.405. The van der Waals surface area contributed by atoms with Gasteiger partial charge in [-0.05, 0) is 99.2 Å². The average molecular weight is 469 g/mol. The number of hydrogen-bond donors (Lipinski definition) is 0. The molecular formula is C29H40O3S. The molecule has 0 amide bonds. The van der Waals surface area contributed by atoms with Crippen LogP contribution in [-0.4, -0.2) is 15.0 Å². The number of benzene rings is 1. The second-order valence-corrected chi connectivity index (χ2v) is 12.4. The topological polar surface area (TPSA) is 43.4 Å². The van der Waals surface area contributed by atoms with Crippen LogP contribution < -0.4 is 0 Å². The van der Waals surface area contributed by atoms with Gasteiger partial charge in [-0.3, -0.25) is 4.18 Å². The molecular weight excluding hydrogens is 428 g/mol. The fourth-order valence-electron chi connectivity index (χ4n) is 6.61. The maximum absolute atomic E-state index is 12.6. The van der Waals surface area contributed by atoms with Crippen LogP contribution in [0.1, 0.15) is 77.2 Å². The molecule has 0 saturated heterocycles. The summed E-state index contributed by atoms with van der Waals surface area (Å²) in [6, 6.07) is 6.85. The Hall–Kier alpha value is -1.65. The van der Waals surface area contributed by atoms with Crippen molar-refractivity contribution < 1.29 is 12.6 Å². The minimum atomic E-state index is -3.72. The van der Waals surface area contributed by atoms with Crippen molar-refractivity contribution in [3.63, 3.8) is 0 Å². The first kappa shape index (κ1) is 24.5. The molecule has 0 aromatic heterocycles. The van der Waals surface area contributed by atoms with Gasteiger partial charge in [0.05, 0.1) is 11.5 Å². The average Bonchev–Trinajstić information content (AvgIpc) is 3.14. The van der Waals surface area contributed by atoms with Crippen LogP contribution in [0.15, 0.2) is 64.6 Å². The number of hydrogen-bond acceptors (Lipinski definition) is 3. The lowest BCUT2D eigenvalue weighted by molar-refractivity contribution is 0.133. The first-order valence-electron chi connectivity index (χ1n) is 12.8. The Morgan fingerprint density at radius 2 is 1.88 bits per heavy atom. The molecule has 0 bridgehead atoms. The fourth-order valence-corrected chi connectivity index (χ4v) is 7.58. The smallest absolute Gasteiger partial charge is 0.266 e. The SMILES string of the molecule is C=C1CCC(COS(=O)(=O)c2ccc(C)cc2)C/C1=C\C=C1CCC[C@]2(C)[C@@H](CC)CC[C@@H]12. The molecule has 33 heavy (non-hydrogen) atoms. The lowest BCUT2D eigenvalue weighted by Crippen LogP contribution is -2.32. The standard InChI is InChI=1S/C29H40O3S/c1-5-26-14-17-28-24(7-6-18-29(26,28)4)12-13-25-19-23(11-10-22(25)3)20-32-33(30,31)27-15-8-21(2)9-16-27/h8-9,12-13,15-16,23,26,28H,3,5-7,10-11,14,17-20H2,1-2,4H3/b24-12?,25-13+/t23?,26-,28-,29+/m0/s1. The van der Waals surface area contributed by atoms with Crippen molar-refractivity contribution in [3.8, 4) is 0 Å². The van der Waals surface area contributed by atoms with E-state index in [-0.39, 0.29) is 17.4 Å². The predicted molar refractivity (Wildman–Crippen MR) is 135 cm³/mol. The summed E-state index contributed by atoms with van der Waals surface area (Å²) in [6.07, 6.45) is 15.2. The predicted octanol–water partition coefficient (Wildman–Crippen LogP) is 7.54. The van der Waals surface area contributed by atoms with Crippen LogP contribution >= 0.6 is 0 Å². The summed E-state index contributed by atoms with van der Waals surface area (Å²) in [4.78, 5) is 0.233. The second-order valence-electron chi connectivity index (χ2n) is 10.8. The summed E-state index contributed by atoms with van der Waals surface area (Å²) >= 11 is 0. The Labute approximate surface area is 201 Å². The van der Waals surface area contributed by atoms with Gasteiger partial charge in [-0.15, -0.1) is 0 Å². The van der Waals surface area contributed by atoms with E-state index in [1.807, 2.05) is 6.92 Å². The highest BCUT2D eigenvalue weighted by molar-refractivity contribution is 7.86. The van der Waals surface area contributed by atoms with Gasteiger partial charge in [0, 0.05) is 0 Å². The maximum Gasteiger partial charge on any atom is 0.296 e. The van der Waals surface area contributed by atoms with Crippen molar-refractivity contribution in [2.24, 2.45) is 23.2 Å². The second kappa shape index (κ2) is 9.92. The first-order valence-corrected chi connectivity index (χ1v) is 14.2. The lowest BCUT2D eigenvalue weighted by atomic mass is 9.63. The Morgan fingerprint density at radius 1 is 1.12 bits per heavy atom. The van der Waals surface area contributed by atoms with Gasteiger partial charge in [0.15, 0.2) is 0 Å². The maximum atomic E-state index is 12.6. The monoisotopic (exact) mass is 468 g/mol. The van der Waals surface area contributed by atoms with Crippen LogP contribution in [0.5, 0.6) is 0 Å². The molecule has 3 nitrogen and oxygen atoms in total. The Bertz CT molecular complexity index is 1030. The van der Waals surface area contributed by atoms with E-state index in [0.29, 0.717) is 5.41 Å². The van der Waals surface area contributed by atoms with Crippen molar-refractivity contribution >= 4 is 10.1 Å². The van der Waals surface area contributed by atoms with Crippen LogP contribution in [0.25, 0.3) is 0 Å². The Balaban J connectivity index is 1.42. The minimum absolute atomic E-state index is 0.202. The van der Waals surface area contributed by atoms with Crippen LogP contribution in [-0.2, 0) is 14.3 Å². The van der Waals surface area contributed by atoms with Gasteiger partial charge < -0.3 is 0 Å². The Kier molecular flexibility index (Phi) is 7.35. The van der Waals surface area contributed by atoms with Gasteiger partial charge >= 0.3 is 0 Å².